The van der Waals surface area contributed by atoms with E-state index in [0.717, 1.165) is 46.3 Å². The van der Waals surface area contributed by atoms with Crippen molar-refractivity contribution in [2.45, 2.75) is 52.7 Å². The molecule has 0 amide bonds. The molecule has 0 saturated carbocycles. The Bertz CT molecular complexity index is 938. The maximum atomic E-state index is 11.9. The molecule has 2 atom stereocenters. The number of carbonyl (C=O) groups excluding carboxylic acids is 1. The van der Waals surface area contributed by atoms with Gasteiger partial charge in [-0.05, 0) is 52.3 Å². The molecule has 0 N–H and O–H groups in total. The third-order valence-corrected chi connectivity index (χ3v) is 5.87. The standard InChI is InChI=1S/C27H32O3/c1-6-21-15-25(24-13-12-22(18(2)3)14-23(24)16-28)27(29-5)19(4)26(21)30-17-20-10-8-7-9-11-20/h7-16,18-19,27H,6,17H2,1-5H3. The van der Waals surface area contributed by atoms with E-state index in [9.17, 15) is 4.79 Å². The molecule has 2 aromatic carbocycles. The molecule has 2 unspecified atom stereocenters. The maximum absolute atomic E-state index is 11.9. The molecule has 0 fully saturated rings. The van der Waals surface area contributed by atoms with Gasteiger partial charge in [-0.2, -0.15) is 0 Å². The maximum Gasteiger partial charge on any atom is 0.150 e. The van der Waals surface area contributed by atoms with Crippen LogP contribution in [0.15, 0.2) is 65.9 Å². The number of ether oxygens (including phenoxy) is 2. The fraction of sp³-hybridized carbons (Fsp3) is 0.370. The number of aldehydes is 1. The van der Waals surface area contributed by atoms with Gasteiger partial charge in [0.2, 0.25) is 0 Å². The van der Waals surface area contributed by atoms with Crippen LogP contribution in [0.2, 0.25) is 0 Å². The van der Waals surface area contributed by atoms with Crippen molar-refractivity contribution in [2.75, 3.05) is 7.11 Å². The molecule has 0 spiro atoms. The first-order valence-corrected chi connectivity index (χ1v) is 10.7. The number of hydrogen-bond donors (Lipinski definition) is 0. The lowest BCUT2D eigenvalue weighted by molar-refractivity contribution is 0.0718. The molecule has 1 aliphatic rings. The second-order valence-corrected chi connectivity index (χ2v) is 8.18. The van der Waals surface area contributed by atoms with Gasteiger partial charge in [0.15, 0.2) is 6.29 Å². The van der Waals surface area contributed by atoms with Crippen LogP contribution in [-0.2, 0) is 16.1 Å². The number of carbonyl (C=O) groups is 1. The van der Waals surface area contributed by atoms with Gasteiger partial charge in [-0.25, -0.2) is 0 Å². The first-order valence-electron chi connectivity index (χ1n) is 10.7. The van der Waals surface area contributed by atoms with Crippen LogP contribution < -0.4 is 0 Å². The van der Waals surface area contributed by atoms with E-state index >= 15 is 0 Å². The minimum Gasteiger partial charge on any atom is -0.493 e. The third-order valence-electron chi connectivity index (χ3n) is 5.87. The average molecular weight is 405 g/mol. The molecule has 3 nitrogen and oxygen atoms in total. The van der Waals surface area contributed by atoms with Crippen molar-refractivity contribution in [3.05, 3.63) is 88.2 Å². The molecular weight excluding hydrogens is 372 g/mol. The monoisotopic (exact) mass is 404 g/mol. The van der Waals surface area contributed by atoms with Gasteiger partial charge in [0.05, 0.1) is 6.10 Å². The molecule has 0 bridgehead atoms. The summed E-state index contributed by atoms with van der Waals surface area (Å²) in [5.74, 6) is 1.40. The Morgan fingerprint density at radius 2 is 1.83 bits per heavy atom. The summed E-state index contributed by atoms with van der Waals surface area (Å²) in [5.41, 5.74) is 6.17. The number of allylic oxidation sites excluding steroid dienone is 2. The summed E-state index contributed by atoms with van der Waals surface area (Å²) >= 11 is 0. The SMILES string of the molecule is CCC1=C(OCc2ccccc2)C(C)C(OC)C(c2ccc(C(C)C)cc2C=O)=C1. The smallest absolute Gasteiger partial charge is 0.150 e. The molecule has 2 aromatic rings. The van der Waals surface area contributed by atoms with Crippen LogP contribution in [0.4, 0.5) is 0 Å². The van der Waals surface area contributed by atoms with E-state index in [-0.39, 0.29) is 12.0 Å². The summed E-state index contributed by atoms with van der Waals surface area (Å²) in [6.45, 7) is 9.08. The summed E-state index contributed by atoms with van der Waals surface area (Å²) < 4.78 is 12.2. The molecule has 158 valence electrons. The molecule has 0 aromatic heterocycles. The lowest BCUT2D eigenvalue weighted by Gasteiger charge is -2.33. The predicted molar refractivity (Wildman–Crippen MR) is 122 cm³/mol. The Hall–Kier alpha value is -2.65. The lowest BCUT2D eigenvalue weighted by atomic mass is 9.81. The van der Waals surface area contributed by atoms with E-state index in [1.165, 1.54) is 0 Å². The highest BCUT2D eigenvalue weighted by molar-refractivity contribution is 5.88. The molecule has 3 heteroatoms. The summed E-state index contributed by atoms with van der Waals surface area (Å²) in [6.07, 6.45) is 3.80. The van der Waals surface area contributed by atoms with E-state index < -0.39 is 0 Å². The Kier molecular flexibility index (Phi) is 7.28. The quantitative estimate of drug-likeness (QED) is 0.468. The number of rotatable bonds is 8. The van der Waals surface area contributed by atoms with Crippen LogP contribution in [0.25, 0.3) is 5.57 Å². The van der Waals surface area contributed by atoms with Crippen LogP contribution in [0.3, 0.4) is 0 Å². The van der Waals surface area contributed by atoms with E-state index in [2.05, 4.69) is 58.0 Å². The Balaban J connectivity index is 2.01. The summed E-state index contributed by atoms with van der Waals surface area (Å²) in [4.78, 5) is 11.9. The van der Waals surface area contributed by atoms with E-state index in [0.29, 0.717) is 18.1 Å². The van der Waals surface area contributed by atoms with Crippen LogP contribution in [-0.4, -0.2) is 19.5 Å². The molecule has 3 rings (SSSR count). The lowest BCUT2D eigenvalue weighted by Crippen LogP contribution is -2.29. The molecule has 30 heavy (non-hydrogen) atoms. The molecule has 0 saturated heterocycles. The number of benzene rings is 2. The van der Waals surface area contributed by atoms with Crippen molar-refractivity contribution in [1.29, 1.82) is 0 Å². The third kappa shape index (κ3) is 4.57. The number of methoxy groups -OCH3 is 1. The Morgan fingerprint density at radius 3 is 2.43 bits per heavy atom. The molecule has 0 heterocycles. The van der Waals surface area contributed by atoms with Crippen molar-refractivity contribution in [3.63, 3.8) is 0 Å². The summed E-state index contributed by atoms with van der Waals surface area (Å²) in [6, 6.07) is 16.4. The van der Waals surface area contributed by atoms with Gasteiger partial charge >= 0.3 is 0 Å². The summed E-state index contributed by atoms with van der Waals surface area (Å²) in [5, 5.41) is 0. The highest BCUT2D eigenvalue weighted by Crippen LogP contribution is 2.39. The van der Waals surface area contributed by atoms with Gasteiger partial charge in [-0.1, -0.05) is 70.2 Å². The van der Waals surface area contributed by atoms with E-state index in [1.807, 2.05) is 24.3 Å². The predicted octanol–water partition coefficient (Wildman–Crippen LogP) is 6.55. The zero-order valence-electron chi connectivity index (χ0n) is 18.6. The van der Waals surface area contributed by atoms with Gasteiger partial charge in [0.25, 0.3) is 0 Å². The van der Waals surface area contributed by atoms with E-state index in [4.69, 9.17) is 9.47 Å². The average Bonchev–Trinajstić information content (AvgIpc) is 2.77. The van der Waals surface area contributed by atoms with Crippen molar-refractivity contribution in [3.8, 4) is 0 Å². The largest absolute Gasteiger partial charge is 0.493 e. The number of hydrogen-bond acceptors (Lipinski definition) is 3. The Morgan fingerprint density at radius 1 is 1.10 bits per heavy atom. The van der Waals surface area contributed by atoms with E-state index in [1.54, 1.807) is 7.11 Å². The van der Waals surface area contributed by atoms with Gasteiger partial charge in [0, 0.05) is 18.6 Å². The van der Waals surface area contributed by atoms with Gasteiger partial charge in [-0.3, -0.25) is 4.79 Å². The molecular formula is C27H32O3. The van der Waals surface area contributed by atoms with Crippen molar-refractivity contribution in [1.82, 2.24) is 0 Å². The highest BCUT2D eigenvalue weighted by atomic mass is 16.5. The van der Waals surface area contributed by atoms with Gasteiger partial charge in [0.1, 0.15) is 12.4 Å². The fourth-order valence-corrected chi connectivity index (χ4v) is 4.14. The highest BCUT2D eigenvalue weighted by Gasteiger charge is 2.33. The second kappa shape index (κ2) is 9.90. The first-order chi connectivity index (χ1) is 14.5. The normalized spacial score (nSPS) is 19.1. The minimum absolute atomic E-state index is 0.0536. The molecule has 0 radical (unpaired) electrons. The fourth-order valence-electron chi connectivity index (χ4n) is 4.14. The van der Waals surface area contributed by atoms with Gasteiger partial charge in [-0.15, -0.1) is 0 Å². The topological polar surface area (TPSA) is 35.5 Å². The summed E-state index contributed by atoms with van der Waals surface area (Å²) in [7, 11) is 1.73. The second-order valence-electron chi connectivity index (χ2n) is 8.18. The zero-order chi connectivity index (χ0) is 21.7. The van der Waals surface area contributed by atoms with Crippen LogP contribution in [0, 0.1) is 5.92 Å². The van der Waals surface area contributed by atoms with Crippen molar-refractivity contribution in [2.24, 2.45) is 5.92 Å². The van der Waals surface area contributed by atoms with Crippen LogP contribution in [0.5, 0.6) is 0 Å². The van der Waals surface area contributed by atoms with Crippen LogP contribution >= 0.6 is 0 Å². The van der Waals surface area contributed by atoms with Crippen LogP contribution in [0.1, 0.15) is 67.1 Å². The van der Waals surface area contributed by atoms with Gasteiger partial charge < -0.3 is 9.47 Å². The van der Waals surface area contributed by atoms with Crippen molar-refractivity contribution >= 4 is 11.9 Å². The van der Waals surface area contributed by atoms with Crippen molar-refractivity contribution < 1.29 is 14.3 Å². The first kappa shape index (κ1) is 22.0. The molecule has 0 aliphatic heterocycles. The molecule has 1 aliphatic carbocycles. The zero-order valence-corrected chi connectivity index (χ0v) is 18.6. The minimum atomic E-state index is -0.172. The Labute approximate surface area is 180 Å².